The van der Waals surface area contributed by atoms with Gasteiger partial charge in [-0.25, -0.2) is 0 Å². The van der Waals surface area contributed by atoms with E-state index in [1.807, 2.05) is 54.6 Å². The van der Waals surface area contributed by atoms with Gasteiger partial charge in [0.25, 0.3) is 5.91 Å². The number of carbonyl (C=O) groups excluding carboxylic acids is 2. The van der Waals surface area contributed by atoms with Crippen LogP contribution in [0.2, 0.25) is 0 Å². The highest BCUT2D eigenvalue weighted by molar-refractivity contribution is 6.34. The molecule has 0 aliphatic carbocycles. The van der Waals surface area contributed by atoms with Gasteiger partial charge in [-0.15, -0.1) is 0 Å². The van der Waals surface area contributed by atoms with E-state index in [2.05, 4.69) is 10.1 Å². The molecule has 0 aromatic heterocycles. The molecule has 3 aromatic rings. The summed E-state index contributed by atoms with van der Waals surface area (Å²) in [6, 6.07) is 19.6. The summed E-state index contributed by atoms with van der Waals surface area (Å²) in [5.74, 6) is 1.10. The SMILES string of the molecule is COC(=O)[C@H](N)Cc1ccc(Oc2ccc(C=C3C(=O)Nc4ccccc43)cc2OC)cc1. The van der Waals surface area contributed by atoms with Gasteiger partial charge < -0.3 is 25.3 Å². The van der Waals surface area contributed by atoms with Crippen molar-refractivity contribution < 1.29 is 23.8 Å². The first kappa shape index (κ1) is 22.1. The Bertz CT molecular complexity index is 1220. The highest BCUT2D eigenvalue weighted by atomic mass is 16.5. The Labute approximate surface area is 191 Å². The second-order valence-electron chi connectivity index (χ2n) is 7.55. The molecule has 1 aliphatic heterocycles. The maximum absolute atomic E-state index is 12.4. The van der Waals surface area contributed by atoms with E-state index in [1.54, 1.807) is 25.3 Å². The fourth-order valence-electron chi connectivity index (χ4n) is 3.62. The molecule has 0 radical (unpaired) electrons. The molecule has 3 aromatic carbocycles. The second-order valence-corrected chi connectivity index (χ2v) is 7.55. The Morgan fingerprint density at radius 3 is 2.52 bits per heavy atom. The Morgan fingerprint density at radius 2 is 1.79 bits per heavy atom. The summed E-state index contributed by atoms with van der Waals surface area (Å²) in [4.78, 5) is 23.9. The lowest BCUT2D eigenvalue weighted by atomic mass is 10.0. The molecule has 0 saturated heterocycles. The molecule has 1 aliphatic rings. The molecule has 0 bridgehead atoms. The molecule has 3 N–H and O–H groups in total. The third-order valence-corrected chi connectivity index (χ3v) is 5.32. The zero-order valence-corrected chi connectivity index (χ0v) is 18.3. The Morgan fingerprint density at radius 1 is 1.03 bits per heavy atom. The quantitative estimate of drug-likeness (QED) is 0.422. The first-order valence-electron chi connectivity index (χ1n) is 10.4. The molecule has 4 rings (SSSR count). The number of methoxy groups -OCH3 is 2. The molecule has 1 heterocycles. The van der Waals surface area contributed by atoms with Crippen LogP contribution in [0, 0.1) is 0 Å². The molecule has 0 fully saturated rings. The molecule has 7 heteroatoms. The van der Waals surface area contributed by atoms with E-state index in [-0.39, 0.29) is 5.91 Å². The predicted molar refractivity (Wildman–Crippen MR) is 126 cm³/mol. The van der Waals surface area contributed by atoms with Crippen molar-refractivity contribution in [3.63, 3.8) is 0 Å². The minimum absolute atomic E-state index is 0.137. The maximum Gasteiger partial charge on any atom is 0.322 e. The van der Waals surface area contributed by atoms with Crippen molar-refractivity contribution >= 4 is 29.2 Å². The van der Waals surface area contributed by atoms with Crippen molar-refractivity contribution in [2.24, 2.45) is 5.73 Å². The lowest BCUT2D eigenvalue weighted by Gasteiger charge is -2.13. The molecule has 7 nitrogen and oxygen atoms in total. The third kappa shape index (κ3) is 4.88. The molecule has 168 valence electrons. The Hall–Kier alpha value is -4.10. The number of hydrogen-bond acceptors (Lipinski definition) is 6. The van der Waals surface area contributed by atoms with Crippen LogP contribution in [0.1, 0.15) is 16.7 Å². The lowest BCUT2D eigenvalue weighted by molar-refractivity contribution is -0.142. The topological polar surface area (TPSA) is 99.9 Å². The largest absolute Gasteiger partial charge is 0.493 e. The van der Waals surface area contributed by atoms with Gasteiger partial charge in [0, 0.05) is 16.8 Å². The van der Waals surface area contributed by atoms with E-state index in [0.717, 1.165) is 22.4 Å². The average molecular weight is 444 g/mol. The minimum atomic E-state index is -0.711. The van der Waals surface area contributed by atoms with E-state index in [0.29, 0.717) is 29.2 Å². The van der Waals surface area contributed by atoms with Crippen LogP contribution < -0.4 is 20.5 Å². The molecule has 1 atom stereocenters. The van der Waals surface area contributed by atoms with Crippen molar-refractivity contribution in [2.75, 3.05) is 19.5 Å². The van der Waals surface area contributed by atoms with Crippen LogP contribution in [-0.2, 0) is 20.7 Å². The van der Waals surface area contributed by atoms with Crippen LogP contribution in [0.4, 0.5) is 5.69 Å². The number of carbonyl (C=O) groups is 2. The van der Waals surface area contributed by atoms with Gasteiger partial charge in [0.15, 0.2) is 11.5 Å². The van der Waals surface area contributed by atoms with Crippen LogP contribution in [0.15, 0.2) is 66.7 Å². The third-order valence-electron chi connectivity index (χ3n) is 5.32. The highest BCUT2D eigenvalue weighted by Crippen LogP contribution is 2.36. The summed E-state index contributed by atoms with van der Waals surface area (Å²) < 4.78 is 16.2. The van der Waals surface area contributed by atoms with Gasteiger partial charge in [0.05, 0.1) is 14.2 Å². The van der Waals surface area contributed by atoms with Crippen LogP contribution >= 0.6 is 0 Å². The Kier molecular flexibility index (Phi) is 6.42. The zero-order chi connectivity index (χ0) is 23.4. The van der Waals surface area contributed by atoms with E-state index >= 15 is 0 Å². The number of benzene rings is 3. The van der Waals surface area contributed by atoms with Gasteiger partial charge in [-0.2, -0.15) is 0 Å². The minimum Gasteiger partial charge on any atom is -0.493 e. The van der Waals surface area contributed by atoms with Crippen molar-refractivity contribution in [1.82, 2.24) is 0 Å². The smallest absolute Gasteiger partial charge is 0.322 e. The fourth-order valence-corrected chi connectivity index (χ4v) is 3.62. The lowest BCUT2D eigenvalue weighted by Crippen LogP contribution is -2.33. The molecule has 1 amide bonds. The zero-order valence-electron chi connectivity index (χ0n) is 18.3. The van der Waals surface area contributed by atoms with Gasteiger partial charge >= 0.3 is 5.97 Å². The molecule has 0 saturated carbocycles. The number of anilines is 1. The number of fused-ring (bicyclic) bond motifs is 1. The van der Waals surface area contributed by atoms with Gasteiger partial charge in [0.1, 0.15) is 11.8 Å². The summed E-state index contributed by atoms with van der Waals surface area (Å²) in [6.07, 6.45) is 2.20. The summed E-state index contributed by atoms with van der Waals surface area (Å²) in [6.45, 7) is 0. The standard InChI is InChI=1S/C26H24N2O5/c1-31-24-15-17(13-20-19-5-3-4-6-22(19)28-25(20)29)9-12-23(24)33-18-10-7-16(8-11-18)14-21(27)26(30)32-2/h3-13,15,21H,14,27H2,1-2H3,(H,28,29)/t21-/m1/s1. The number of rotatable bonds is 7. The number of nitrogens with two attached hydrogens (primary N) is 1. The molecule has 0 unspecified atom stereocenters. The van der Waals surface area contributed by atoms with Crippen LogP contribution in [0.5, 0.6) is 17.2 Å². The van der Waals surface area contributed by atoms with Gasteiger partial charge in [-0.3, -0.25) is 9.59 Å². The monoisotopic (exact) mass is 444 g/mol. The van der Waals surface area contributed by atoms with E-state index in [4.69, 9.17) is 15.2 Å². The summed E-state index contributed by atoms with van der Waals surface area (Å²) in [5, 5.41) is 2.87. The highest BCUT2D eigenvalue weighted by Gasteiger charge is 2.23. The fraction of sp³-hybridized carbons (Fsp3) is 0.154. The number of esters is 1. The van der Waals surface area contributed by atoms with Crippen LogP contribution in [-0.4, -0.2) is 32.1 Å². The van der Waals surface area contributed by atoms with Gasteiger partial charge in [0.2, 0.25) is 0 Å². The number of para-hydroxylation sites is 1. The number of amides is 1. The van der Waals surface area contributed by atoms with Crippen molar-refractivity contribution in [3.8, 4) is 17.2 Å². The summed E-state index contributed by atoms with van der Waals surface area (Å²) in [5.41, 5.74) is 9.79. The predicted octanol–water partition coefficient (Wildman–Crippen LogP) is 4.02. The molecule has 0 spiro atoms. The number of hydrogen-bond donors (Lipinski definition) is 2. The van der Waals surface area contributed by atoms with Crippen molar-refractivity contribution in [3.05, 3.63) is 83.4 Å². The molecule has 33 heavy (non-hydrogen) atoms. The van der Waals surface area contributed by atoms with Crippen LogP contribution in [0.25, 0.3) is 11.6 Å². The maximum atomic E-state index is 12.4. The van der Waals surface area contributed by atoms with E-state index < -0.39 is 12.0 Å². The summed E-state index contributed by atoms with van der Waals surface area (Å²) >= 11 is 0. The van der Waals surface area contributed by atoms with E-state index in [9.17, 15) is 9.59 Å². The van der Waals surface area contributed by atoms with E-state index in [1.165, 1.54) is 7.11 Å². The van der Waals surface area contributed by atoms with Crippen molar-refractivity contribution in [1.29, 1.82) is 0 Å². The molecular weight excluding hydrogens is 420 g/mol. The number of nitrogens with one attached hydrogen (secondary N) is 1. The number of ether oxygens (including phenoxy) is 3. The summed E-state index contributed by atoms with van der Waals surface area (Å²) in [7, 11) is 2.88. The first-order valence-corrected chi connectivity index (χ1v) is 10.4. The van der Waals surface area contributed by atoms with Gasteiger partial charge in [-0.05, 0) is 54.0 Å². The van der Waals surface area contributed by atoms with Crippen molar-refractivity contribution in [2.45, 2.75) is 12.5 Å². The average Bonchev–Trinajstić information content (AvgIpc) is 3.15. The normalized spacial score (nSPS) is 14.4. The van der Waals surface area contributed by atoms with Gasteiger partial charge in [-0.1, -0.05) is 36.4 Å². The van der Waals surface area contributed by atoms with Crippen LogP contribution in [0.3, 0.4) is 0 Å². The first-order chi connectivity index (χ1) is 16.0. The second kappa shape index (κ2) is 9.58. The molecular formula is C26H24N2O5. The Balaban J connectivity index is 1.51.